The van der Waals surface area contributed by atoms with Crippen molar-refractivity contribution in [2.24, 2.45) is 5.92 Å². The molecule has 0 fully saturated rings. The predicted octanol–water partition coefficient (Wildman–Crippen LogP) is 3.84. The zero-order valence-corrected chi connectivity index (χ0v) is 16.6. The van der Waals surface area contributed by atoms with Gasteiger partial charge in [0.2, 0.25) is 0 Å². The number of esters is 1. The number of fused-ring (bicyclic) bond motifs is 1. The molecule has 2 heterocycles. The van der Waals surface area contributed by atoms with Crippen LogP contribution in [0.25, 0.3) is 0 Å². The fourth-order valence-electron chi connectivity index (χ4n) is 2.73. The molecule has 3 rings (SSSR count). The van der Waals surface area contributed by atoms with Crippen LogP contribution in [0.15, 0.2) is 30.3 Å². The van der Waals surface area contributed by atoms with Gasteiger partial charge in [-0.2, -0.15) is 0 Å². The van der Waals surface area contributed by atoms with Crippen LogP contribution in [-0.4, -0.2) is 31.7 Å². The smallest absolute Gasteiger partial charge is 0.348 e. The van der Waals surface area contributed by atoms with Crippen LogP contribution < -0.4 is 14.8 Å². The average molecular weight is 410 g/mol. The summed E-state index contributed by atoms with van der Waals surface area (Å²) < 4.78 is 16.7. The quantitative estimate of drug-likeness (QED) is 0.733. The molecule has 2 aromatic rings. The molecule has 1 aliphatic heterocycles. The number of benzene rings is 1. The lowest BCUT2D eigenvalue weighted by Crippen LogP contribution is -2.35. The Morgan fingerprint density at radius 1 is 1.19 bits per heavy atom. The lowest BCUT2D eigenvalue weighted by molar-refractivity contribution is -0.125. The van der Waals surface area contributed by atoms with Crippen molar-refractivity contribution >= 4 is 34.8 Å². The molecule has 1 N–H and O–H groups in total. The van der Waals surface area contributed by atoms with Crippen molar-refractivity contribution in [1.82, 2.24) is 5.32 Å². The first-order chi connectivity index (χ1) is 12.9. The minimum Gasteiger partial charge on any atom is -0.486 e. The van der Waals surface area contributed by atoms with Gasteiger partial charge in [-0.3, -0.25) is 4.79 Å². The lowest BCUT2D eigenvalue weighted by Gasteiger charge is -2.25. The number of amides is 1. The van der Waals surface area contributed by atoms with E-state index in [9.17, 15) is 9.59 Å². The molecule has 0 unspecified atom stereocenters. The first-order valence-corrected chi connectivity index (χ1v) is 9.75. The van der Waals surface area contributed by atoms with Crippen LogP contribution in [-0.2, 0) is 9.53 Å². The van der Waals surface area contributed by atoms with E-state index in [-0.39, 0.29) is 24.5 Å². The zero-order valence-electron chi connectivity index (χ0n) is 15.0. The maximum Gasteiger partial charge on any atom is 0.348 e. The number of hydrogen-bond donors (Lipinski definition) is 1. The Morgan fingerprint density at radius 2 is 1.93 bits per heavy atom. The summed E-state index contributed by atoms with van der Waals surface area (Å²) in [4.78, 5) is 24.6. The number of hydrogen-bond acceptors (Lipinski definition) is 6. The van der Waals surface area contributed by atoms with Gasteiger partial charge in [0.15, 0.2) is 18.1 Å². The molecule has 0 radical (unpaired) electrons. The maximum atomic E-state index is 12.3. The van der Waals surface area contributed by atoms with E-state index in [0.717, 1.165) is 16.9 Å². The van der Waals surface area contributed by atoms with Crippen molar-refractivity contribution < 1.29 is 23.8 Å². The van der Waals surface area contributed by atoms with Gasteiger partial charge in [0.05, 0.1) is 10.4 Å². The van der Waals surface area contributed by atoms with Crippen LogP contribution in [0.5, 0.6) is 11.5 Å². The molecule has 0 spiro atoms. The second-order valence-electron chi connectivity index (χ2n) is 6.37. The molecule has 1 amide bonds. The lowest BCUT2D eigenvalue weighted by atomic mass is 9.95. The average Bonchev–Trinajstić information content (AvgIpc) is 3.10. The Hall–Kier alpha value is -2.25. The van der Waals surface area contributed by atoms with E-state index >= 15 is 0 Å². The third-order valence-electron chi connectivity index (χ3n) is 4.02. The highest BCUT2D eigenvalue weighted by molar-refractivity contribution is 7.17. The molecule has 1 aromatic heterocycles. The molecule has 27 heavy (non-hydrogen) atoms. The zero-order chi connectivity index (χ0) is 19.4. The Kier molecular flexibility index (Phi) is 6.23. The second kappa shape index (κ2) is 8.63. The number of carbonyl (C=O) groups is 2. The van der Waals surface area contributed by atoms with Crippen LogP contribution in [0, 0.1) is 5.92 Å². The summed E-state index contributed by atoms with van der Waals surface area (Å²) in [7, 11) is 0. The summed E-state index contributed by atoms with van der Waals surface area (Å²) in [6.45, 7) is 4.67. The van der Waals surface area contributed by atoms with E-state index in [2.05, 4.69) is 5.32 Å². The van der Waals surface area contributed by atoms with Crippen LogP contribution in [0.4, 0.5) is 0 Å². The van der Waals surface area contributed by atoms with Gasteiger partial charge in [0.1, 0.15) is 18.1 Å². The number of halogens is 1. The van der Waals surface area contributed by atoms with Gasteiger partial charge in [0, 0.05) is 0 Å². The van der Waals surface area contributed by atoms with Gasteiger partial charge >= 0.3 is 5.97 Å². The molecule has 0 aliphatic carbocycles. The van der Waals surface area contributed by atoms with Gasteiger partial charge in [-0.05, 0) is 35.7 Å². The molecule has 1 aliphatic rings. The van der Waals surface area contributed by atoms with Crippen LogP contribution in [0.1, 0.15) is 35.1 Å². The van der Waals surface area contributed by atoms with Gasteiger partial charge in [-0.25, -0.2) is 4.79 Å². The third kappa shape index (κ3) is 4.93. The Morgan fingerprint density at radius 3 is 2.59 bits per heavy atom. The van der Waals surface area contributed by atoms with E-state index < -0.39 is 5.97 Å². The summed E-state index contributed by atoms with van der Waals surface area (Å²) >= 11 is 6.91. The number of nitrogens with one attached hydrogen (secondary N) is 1. The summed E-state index contributed by atoms with van der Waals surface area (Å²) in [5, 5.41) is 2.92. The summed E-state index contributed by atoms with van der Waals surface area (Å²) in [6, 6.07) is 8.55. The molecular weight excluding hydrogens is 390 g/mol. The highest BCUT2D eigenvalue weighted by atomic mass is 35.5. The van der Waals surface area contributed by atoms with Crippen molar-refractivity contribution in [1.29, 1.82) is 0 Å². The topological polar surface area (TPSA) is 73.9 Å². The van der Waals surface area contributed by atoms with E-state index in [1.165, 1.54) is 0 Å². The highest BCUT2D eigenvalue weighted by Crippen LogP contribution is 2.34. The largest absolute Gasteiger partial charge is 0.486 e. The standard InChI is InChI=1S/C19H20ClNO5S/c1-11(2)18(12-3-4-13-14(9-12)25-8-7-24-13)21-17(22)10-26-19(23)15-5-6-16(20)27-15/h3-6,9,11,18H,7-8,10H2,1-2H3,(H,21,22)/t18-/m1/s1. The number of ether oxygens (including phenoxy) is 3. The third-order valence-corrected chi connectivity index (χ3v) is 5.23. The molecule has 1 aromatic carbocycles. The van der Waals surface area contributed by atoms with Crippen molar-refractivity contribution in [2.45, 2.75) is 19.9 Å². The normalized spacial score (nSPS) is 13.9. The first kappa shape index (κ1) is 19.5. The molecular formula is C19H20ClNO5S. The summed E-state index contributed by atoms with van der Waals surface area (Å²) in [6.07, 6.45) is 0. The SMILES string of the molecule is CC(C)[C@@H](NC(=O)COC(=O)c1ccc(Cl)s1)c1ccc2c(c1)OCCO2. The predicted molar refractivity (Wildman–Crippen MR) is 103 cm³/mol. The first-order valence-electron chi connectivity index (χ1n) is 8.55. The molecule has 8 heteroatoms. The minimum absolute atomic E-state index is 0.128. The van der Waals surface area contributed by atoms with Crippen molar-refractivity contribution in [3.8, 4) is 11.5 Å². The molecule has 0 bridgehead atoms. The van der Waals surface area contributed by atoms with Crippen molar-refractivity contribution in [3.63, 3.8) is 0 Å². The Labute approximate surface area is 166 Å². The van der Waals surface area contributed by atoms with Crippen molar-refractivity contribution in [2.75, 3.05) is 19.8 Å². The number of thiophene rings is 1. The second-order valence-corrected chi connectivity index (χ2v) is 8.09. The van der Waals surface area contributed by atoms with Gasteiger partial charge in [-0.1, -0.05) is 31.5 Å². The van der Waals surface area contributed by atoms with Crippen LogP contribution in [0.2, 0.25) is 4.34 Å². The van der Waals surface area contributed by atoms with E-state index in [1.807, 2.05) is 32.0 Å². The fraction of sp³-hybridized carbons (Fsp3) is 0.368. The highest BCUT2D eigenvalue weighted by Gasteiger charge is 2.22. The van der Waals surface area contributed by atoms with E-state index in [4.69, 9.17) is 25.8 Å². The van der Waals surface area contributed by atoms with E-state index in [1.54, 1.807) is 12.1 Å². The number of rotatable bonds is 6. The Bertz CT molecular complexity index is 835. The van der Waals surface area contributed by atoms with Gasteiger partial charge < -0.3 is 19.5 Å². The fourth-order valence-corrected chi connectivity index (χ4v) is 3.67. The monoisotopic (exact) mass is 409 g/mol. The summed E-state index contributed by atoms with van der Waals surface area (Å²) in [5.74, 6) is 0.549. The maximum absolute atomic E-state index is 12.3. The van der Waals surface area contributed by atoms with Gasteiger partial charge in [-0.15, -0.1) is 11.3 Å². The molecule has 6 nitrogen and oxygen atoms in total. The molecule has 0 saturated heterocycles. The van der Waals surface area contributed by atoms with Crippen LogP contribution in [0.3, 0.4) is 0 Å². The molecule has 144 valence electrons. The number of carbonyl (C=O) groups excluding carboxylic acids is 2. The van der Waals surface area contributed by atoms with Crippen molar-refractivity contribution in [3.05, 3.63) is 45.1 Å². The minimum atomic E-state index is -0.567. The van der Waals surface area contributed by atoms with E-state index in [0.29, 0.717) is 33.9 Å². The molecule has 0 saturated carbocycles. The van der Waals surface area contributed by atoms with Crippen LogP contribution >= 0.6 is 22.9 Å². The summed E-state index contributed by atoms with van der Waals surface area (Å²) in [5.41, 5.74) is 0.902. The van der Waals surface area contributed by atoms with Gasteiger partial charge in [0.25, 0.3) is 5.91 Å². The molecule has 1 atom stereocenters. The Balaban J connectivity index is 1.62.